The molecule has 0 unspecified atom stereocenters. The first-order chi connectivity index (χ1) is 11.5. The Morgan fingerprint density at radius 1 is 1.16 bits per heavy atom. The Hall–Kier alpha value is -2.51. The van der Waals surface area contributed by atoms with E-state index in [9.17, 15) is 17.6 Å². The van der Waals surface area contributed by atoms with Gasteiger partial charge in [-0.05, 0) is 18.2 Å². The van der Waals surface area contributed by atoms with Gasteiger partial charge in [-0.1, -0.05) is 13.8 Å². The van der Waals surface area contributed by atoms with E-state index in [1.165, 1.54) is 6.07 Å². The second kappa shape index (κ2) is 5.79. The van der Waals surface area contributed by atoms with Crippen LogP contribution in [0.2, 0.25) is 0 Å². The van der Waals surface area contributed by atoms with Crippen LogP contribution in [0.15, 0.2) is 30.3 Å². The molecule has 134 valence electrons. The summed E-state index contributed by atoms with van der Waals surface area (Å²) in [4.78, 5) is 6.53. The molecule has 0 N–H and O–H groups in total. The number of rotatable bonds is 3. The zero-order chi connectivity index (χ0) is 18.4. The molecule has 1 aromatic carbocycles. The molecule has 0 spiro atoms. The number of alkyl halides is 3. The van der Waals surface area contributed by atoms with Crippen LogP contribution in [0.5, 0.6) is 17.4 Å². The lowest BCUT2D eigenvalue weighted by atomic mass is 9.91. The summed E-state index contributed by atoms with van der Waals surface area (Å²) in [6.07, 6.45) is -4.99. The molecule has 0 bridgehead atoms. The Bertz CT molecular complexity index is 806. The molecule has 0 fully saturated rings. The molecule has 2 aromatic rings. The average Bonchev–Trinajstić information content (AvgIpc) is 2.71. The first kappa shape index (κ1) is 17.3. The number of fused-ring (bicyclic) bond motifs is 1. The Morgan fingerprint density at radius 3 is 2.56 bits per heavy atom. The number of likely N-dealkylation sites (N-methyl/N-ethyl adjacent to an activating group) is 1. The zero-order valence-corrected chi connectivity index (χ0v) is 13.8. The number of hydrogen-bond donors (Lipinski definition) is 0. The van der Waals surface area contributed by atoms with Crippen molar-refractivity contribution in [3.63, 3.8) is 0 Å². The van der Waals surface area contributed by atoms with Gasteiger partial charge in [-0.2, -0.15) is 0 Å². The maximum absolute atomic E-state index is 13.5. The van der Waals surface area contributed by atoms with Crippen molar-refractivity contribution >= 4 is 5.69 Å². The molecule has 25 heavy (non-hydrogen) atoms. The van der Waals surface area contributed by atoms with E-state index in [1.54, 1.807) is 6.07 Å². The van der Waals surface area contributed by atoms with E-state index in [2.05, 4.69) is 14.6 Å². The minimum Gasteiger partial charge on any atom is -0.439 e. The number of anilines is 1. The number of nitrogens with zero attached hydrogens (tertiary/aromatic N) is 2. The number of ether oxygens (including phenoxy) is 2. The largest absolute Gasteiger partial charge is 0.573 e. The molecule has 0 saturated carbocycles. The quantitative estimate of drug-likeness (QED) is 0.751. The highest BCUT2D eigenvalue weighted by Gasteiger charge is 2.35. The monoisotopic (exact) mass is 356 g/mol. The van der Waals surface area contributed by atoms with Crippen LogP contribution in [0.3, 0.4) is 0 Å². The predicted molar refractivity (Wildman–Crippen MR) is 83.7 cm³/mol. The average molecular weight is 356 g/mol. The summed E-state index contributed by atoms with van der Waals surface area (Å²) >= 11 is 0. The molecule has 3 rings (SSSR count). The van der Waals surface area contributed by atoms with Crippen molar-refractivity contribution in [3.8, 4) is 17.4 Å². The van der Waals surface area contributed by atoms with Crippen molar-refractivity contribution < 1.29 is 27.0 Å². The van der Waals surface area contributed by atoms with Gasteiger partial charge in [-0.15, -0.1) is 13.2 Å². The summed E-state index contributed by atoms with van der Waals surface area (Å²) in [5.41, 5.74) is 1.62. The van der Waals surface area contributed by atoms with E-state index in [-0.39, 0.29) is 17.0 Å². The molecule has 1 aliphatic rings. The van der Waals surface area contributed by atoms with E-state index in [4.69, 9.17) is 4.74 Å². The standard InChI is InChI=1S/C17H16F4N2O2/c1-16(2)9-23(3)12-6-7-14(22-15(12)16)24-10-4-5-11(18)13(8-10)25-17(19,20)21/h4-8H,9H2,1-3H3. The van der Waals surface area contributed by atoms with Crippen LogP contribution in [0.4, 0.5) is 23.2 Å². The van der Waals surface area contributed by atoms with Gasteiger partial charge < -0.3 is 14.4 Å². The molecule has 1 aliphatic heterocycles. The molecular weight excluding hydrogens is 340 g/mol. The molecule has 8 heteroatoms. The Labute approximate surface area is 142 Å². The van der Waals surface area contributed by atoms with Crippen molar-refractivity contribution in [2.24, 2.45) is 0 Å². The van der Waals surface area contributed by atoms with E-state index in [0.29, 0.717) is 0 Å². The molecule has 0 amide bonds. The fraction of sp³-hybridized carbons (Fsp3) is 0.353. The van der Waals surface area contributed by atoms with Gasteiger partial charge in [0.05, 0.1) is 11.4 Å². The highest BCUT2D eigenvalue weighted by Crippen LogP contribution is 2.40. The Balaban J connectivity index is 1.88. The van der Waals surface area contributed by atoms with Crippen molar-refractivity contribution in [3.05, 3.63) is 41.8 Å². The summed E-state index contributed by atoms with van der Waals surface area (Å²) in [7, 11) is 1.95. The van der Waals surface area contributed by atoms with Crippen LogP contribution in [0.1, 0.15) is 19.5 Å². The molecule has 4 nitrogen and oxygen atoms in total. The number of hydrogen-bond acceptors (Lipinski definition) is 4. The highest BCUT2D eigenvalue weighted by molar-refractivity contribution is 5.59. The number of halogens is 4. The van der Waals surface area contributed by atoms with Crippen molar-refractivity contribution in [1.29, 1.82) is 0 Å². The van der Waals surface area contributed by atoms with Gasteiger partial charge in [0.15, 0.2) is 11.6 Å². The fourth-order valence-electron chi connectivity index (χ4n) is 2.92. The number of aromatic nitrogens is 1. The molecule has 0 saturated heterocycles. The molecule has 1 aromatic heterocycles. The lowest BCUT2D eigenvalue weighted by Crippen LogP contribution is -2.25. The van der Waals surface area contributed by atoms with Crippen LogP contribution >= 0.6 is 0 Å². The minimum absolute atomic E-state index is 0.00254. The van der Waals surface area contributed by atoms with Crippen LogP contribution in [-0.4, -0.2) is 24.9 Å². The van der Waals surface area contributed by atoms with Gasteiger partial charge in [0.1, 0.15) is 5.75 Å². The van der Waals surface area contributed by atoms with Gasteiger partial charge in [-0.3, -0.25) is 0 Å². The maximum atomic E-state index is 13.5. The van der Waals surface area contributed by atoms with Gasteiger partial charge in [-0.25, -0.2) is 9.37 Å². The third-order valence-electron chi connectivity index (χ3n) is 3.88. The minimum atomic E-state index is -4.99. The van der Waals surface area contributed by atoms with E-state index < -0.39 is 17.9 Å². The van der Waals surface area contributed by atoms with Crippen molar-refractivity contribution in [2.75, 3.05) is 18.5 Å². The summed E-state index contributed by atoms with van der Waals surface area (Å²) < 4.78 is 59.5. The zero-order valence-electron chi connectivity index (χ0n) is 13.8. The van der Waals surface area contributed by atoms with Gasteiger partial charge in [0.2, 0.25) is 5.88 Å². The molecule has 0 radical (unpaired) electrons. The molecule has 0 atom stereocenters. The first-order valence-corrected chi connectivity index (χ1v) is 7.51. The van der Waals surface area contributed by atoms with Crippen LogP contribution in [-0.2, 0) is 5.41 Å². The second-order valence-corrected chi connectivity index (χ2v) is 6.50. The molecule has 2 heterocycles. The second-order valence-electron chi connectivity index (χ2n) is 6.50. The maximum Gasteiger partial charge on any atom is 0.573 e. The van der Waals surface area contributed by atoms with Crippen LogP contribution in [0.25, 0.3) is 0 Å². The van der Waals surface area contributed by atoms with E-state index in [1.807, 2.05) is 27.0 Å². The smallest absolute Gasteiger partial charge is 0.439 e. The van der Waals surface area contributed by atoms with E-state index >= 15 is 0 Å². The Kier molecular flexibility index (Phi) is 4.01. The van der Waals surface area contributed by atoms with Crippen LogP contribution in [0, 0.1) is 5.82 Å². The van der Waals surface area contributed by atoms with Crippen molar-refractivity contribution in [1.82, 2.24) is 4.98 Å². The first-order valence-electron chi connectivity index (χ1n) is 7.51. The van der Waals surface area contributed by atoms with Gasteiger partial charge in [0, 0.05) is 31.1 Å². The molecule has 0 aliphatic carbocycles. The lowest BCUT2D eigenvalue weighted by Gasteiger charge is -2.17. The number of pyridine rings is 1. The SMILES string of the molecule is CN1CC(C)(C)c2nc(Oc3ccc(F)c(OC(F)(F)F)c3)ccc21. The third-order valence-corrected chi connectivity index (χ3v) is 3.88. The third kappa shape index (κ3) is 3.62. The summed E-state index contributed by atoms with van der Waals surface area (Å²) in [6, 6.07) is 6.36. The Morgan fingerprint density at radius 2 is 1.88 bits per heavy atom. The van der Waals surface area contributed by atoms with Crippen LogP contribution < -0.4 is 14.4 Å². The topological polar surface area (TPSA) is 34.6 Å². The normalized spacial score (nSPS) is 15.9. The van der Waals surface area contributed by atoms with E-state index in [0.717, 1.165) is 30.1 Å². The summed E-state index contributed by atoms with van der Waals surface area (Å²) in [5, 5.41) is 0. The van der Waals surface area contributed by atoms with Gasteiger partial charge in [0.25, 0.3) is 0 Å². The highest BCUT2D eigenvalue weighted by atomic mass is 19.4. The summed E-state index contributed by atoms with van der Waals surface area (Å²) in [6.45, 7) is 4.87. The fourth-order valence-corrected chi connectivity index (χ4v) is 2.92. The van der Waals surface area contributed by atoms with Gasteiger partial charge >= 0.3 is 6.36 Å². The predicted octanol–water partition coefficient (Wildman–Crippen LogP) is 4.64. The molecular formula is C17H16F4N2O2. The number of benzene rings is 1. The summed E-state index contributed by atoms with van der Waals surface area (Å²) in [5.74, 6) is -1.87. The van der Waals surface area contributed by atoms with Crippen molar-refractivity contribution in [2.45, 2.75) is 25.6 Å². The lowest BCUT2D eigenvalue weighted by molar-refractivity contribution is -0.275.